The van der Waals surface area contributed by atoms with Crippen molar-refractivity contribution in [2.45, 2.75) is 40.5 Å². The maximum atomic E-state index is 2.36. The van der Waals surface area contributed by atoms with Crippen LogP contribution in [0.3, 0.4) is 0 Å². The molecule has 2 heterocycles. The number of hydrogen-bond donors (Lipinski definition) is 0. The molecule has 0 N–H and O–H groups in total. The largest absolute Gasteiger partial charge is 0.377 e. The molecule has 2 aliphatic heterocycles. The zero-order valence-electron chi connectivity index (χ0n) is 15.8. The minimum atomic E-state index is 0.304. The van der Waals surface area contributed by atoms with Gasteiger partial charge >= 0.3 is 0 Å². The van der Waals surface area contributed by atoms with E-state index in [0.717, 1.165) is 13.1 Å². The van der Waals surface area contributed by atoms with E-state index in [1.54, 1.807) is 0 Å². The summed E-state index contributed by atoms with van der Waals surface area (Å²) in [5.41, 5.74) is 3.47. The Morgan fingerprint density at radius 3 is 2.13 bits per heavy atom. The van der Waals surface area contributed by atoms with Gasteiger partial charge in [-0.05, 0) is 26.3 Å². The van der Waals surface area contributed by atoms with Gasteiger partial charge in [-0.2, -0.15) is 0 Å². The third-order valence-electron chi connectivity index (χ3n) is 5.31. The van der Waals surface area contributed by atoms with Crippen molar-refractivity contribution < 1.29 is 4.58 Å². The molecule has 0 aromatic carbocycles. The maximum Gasteiger partial charge on any atom is 0.181 e. The highest BCUT2D eigenvalue weighted by molar-refractivity contribution is 5.96. The molecule has 0 atom stereocenters. The number of hydrogen-bond acceptors (Lipinski definition) is 1. The van der Waals surface area contributed by atoms with Crippen LogP contribution in [0.25, 0.3) is 0 Å². The molecule has 1 fully saturated rings. The molecule has 2 heteroatoms. The van der Waals surface area contributed by atoms with E-state index in [1.807, 2.05) is 0 Å². The van der Waals surface area contributed by atoms with E-state index in [9.17, 15) is 0 Å². The molecular weight excluding hydrogens is 280 g/mol. The standard InChI is InChI=1S/C21H33N2/c1-20(2)14-16-22(5)18(20)12-10-8-7-9-11-13-19-21(3,4)15-17-23(19)6/h7-13H,14-17H2,1-6H3/q+1. The first-order chi connectivity index (χ1) is 10.7. The van der Waals surface area contributed by atoms with Crippen LogP contribution in [-0.2, 0) is 0 Å². The molecule has 23 heavy (non-hydrogen) atoms. The van der Waals surface area contributed by atoms with Gasteiger partial charge in [-0.3, -0.25) is 0 Å². The number of likely N-dealkylation sites (tertiary alicyclic amines) is 1. The van der Waals surface area contributed by atoms with Gasteiger partial charge in [-0.1, -0.05) is 44.2 Å². The van der Waals surface area contributed by atoms with E-state index >= 15 is 0 Å². The van der Waals surface area contributed by atoms with Crippen LogP contribution in [0.4, 0.5) is 0 Å². The Morgan fingerprint density at radius 2 is 1.57 bits per heavy atom. The number of nitrogens with zero attached hydrogens (tertiary/aromatic N) is 2. The van der Waals surface area contributed by atoms with Crippen LogP contribution < -0.4 is 0 Å². The lowest BCUT2D eigenvalue weighted by Gasteiger charge is -2.22. The molecule has 2 nitrogen and oxygen atoms in total. The number of allylic oxidation sites excluding steroid dienone is 8. The van der Waals surface area contributed by atoms with Crippen molar-refractivity contribution >= 4 is 5.71 Å². The Hall–Kier alpha value is -1.57. The van der Waals surface area contributed by atoms with E-state index in [1.165, 1.54) is 24.3 Å². The van der Waals surface area contributed by atoms with Crippen LogP contribution in [0.1, 0.15) is 40.5 Å². The van der Waals surface area contributed by atoms with Gasteiger partial charge in [0.05, 0.1) is 5.41 Å². The molecule has 126 valence electrons. The van der Waals surface area contributed by atoms with Crippen LogP contribution in [0.15, 0.2) is 48.2 Å². The predicted octanol–water partition coefficient (Wildman–Crippen LogP) is 4.41. The van der Waals surface area contributed by atoms with Gasteiger partial charge in [0.25, 0.3) is 0 Å². The van der Waals surface area contributed by atoms with E-state index in [4.69, 9.17) is 0 Å². The van der Waals surface area contributed by atoms with Gasteiger partial charge in [0.1, 0.15) is 13.6 Å². The van der Waals surface area contributed by atoms with Gasteiger partial charge in [0, 0.05) is 37.2 Å². The van der Waals surface area contributed by atoms with Crippen molar-refractivity contribution in [3.8, 4) is 0 Å². The van der Waals surface area contributed by atoms with Crippen molar-refractivity contribution in [3.05, 3.63) is 48.2 Å². The van der Waals surface area contributed by atoms with Crippen molar-refractivity contribution in [2.75, 3.05) is 27.2 Å². The van der Waals surface area contributed by atoms with E-state index in [2.05, 4.69) is 93.8 Å². The first kappa shape index (κ1) is 17.8. The molecule has 2 aliphatic rings. The molecule has 0 aromatic heterocycles. The summed E-state index contributed by atoms with van der Waals surface area (Å²) in [5, 5.41) is 0. The van der Waals surface area contributed by atoms with Crippen molar-refractivity contribution in [1.29, 1.82) is 0 Å². The van der Waals surface area contributed by atoms with Gasteiger partial charge in [-0.15, -0.1) is 0 Å². The van der Waals surface area contributed by atoms with E-state index in [0.29, 0.717) is 10.8 Å². The van der Waals surface area contributed by atoms with Gasteiger partial charge in [0.2, 0.25) is 0 Å². The second-order valence-corrected chi connectivity index (χ2v) is 8.18. The minimum absolute atomic E-state index is 0.304. The Labute approximate surface area is 142 Å². The monoisotopic (exact) mass is 313 g/mol. The number of rotatable bonds is 4. The second-order valence-electron chi connectivity index (χ2n) is 8.18. The first-order valence-corrected chi connectivity index (χ1v) is 8.76. The molecule has 0 unspecified atom stereocenters. The Bertz CT molecular complexity index is 583. The molecular formula is C21H33N2+. The topological polar surface area (TPSA) is 6.25 Å². The molecule has 0 saturated carbocycles. The molecule has 2 rings (SSSR count). The second kappa shape index (κ2) is 6.90. The molecule has 0 radical (unpaired) electrons. The van der Waals surface area contributed by atoms with Crippen LogP contribution in [0.5, 0.6) is 0 Å². The van der Waals surface area contributed by atoms with Crippen LogP contribution in [0, 0.1) is 10.8 Å². The Morgan fingerprint density at radius 1 is 0.913 bits per heavy atom. The fourth-order valence-electron chi connectivity index (χ4n) is 3.62. The lowest BCUT2D eigenvalue weighted by molar-refractivity contribution is -0.487. The summed E-state index contributed by atoms with van der Waals surface area (Å²) in [6.45, 7) is 11.6. The smallest absolute Gasteiger partial charge is 0.181 e. The summed E-state index contributed by atoms with van der Waals surface area (Å²) in [6, 6.07) is 0. The SMILES string of the molecule is CN1CCC(C)(C)\C1=C/C=C/C=C/C=C/C1=[N+](C)CCC1(C)C. The molecule has 0 bridgehead atoms. The molecule has 0 amide bonds. The molecule has 0 spiro atoms. The maximum absolute atomic E-state index is 2.36. The van der Waals surface area contributed by atoms with E-state index in [-0.39, 0.29) is 0 Å². The van der Waals surface area contributed by atoms with Crippen LogP contribution >= 0.6 is 0 Å². The summed E-state index contributed by atoms with van der Waals surface area (Å²) in [7, 11) is 4.37. The van der Waals surface area contributed by atoms with Crippen molar-refractivity contribution in [1.82, 2.24) is 4.90 Å². The van der Waals surface area contributed by atoms with Crippen LogP contribution in [-0.4, -0.2) is 42.4 Å². The predicted molar refractivity (Wildman–Crippen MR) is 101 cm³/mol. The van der Waals surface area contributed by atoms with Crippen LogP contribution in [0.2, 0.25) is 0 Å². The lowest BCUT2D eigenvalue weighted by Crippen LogP contribution is -2.20. The zero-order chi connectivity index (χ0) is 17.1. The summed E-state index contributed by atoms with van der Waals surface area (Å²) in [4.78, 5) is 2.36. The normalized spacial score (nSPS) is 26.0. The summed E-state index contributed by atoms with van der Waals surface area (Å²) in [5.74, 6) is 0. The Kier molecular flexibility index (Phi) is 5.33. The van der Waals surface area contributed by atoms with Crippen molar-refractivity contribution in [3.63, 3.8) is 0 Å². The van der Waals surface area contributed by atoms with Gasteiger partial charge < -0.3 is 4.90 Å². The third-order valence-corrected chi connectivity index (χ3v) is 5.31. The summed E-state index contributed by atoms with van der Waals surface area (Å²) >= 11 is 0. The molecule has 1 saturated heterocycles. The fraction of sp³-hybridized carbons (Fsp3) is 0.571. The van der Waals surface area contributed by atoms with E-state index < -0.39 is 0 Å². The first-order valence-electron chi connectivity index (χ1n) is 8.76. The highest BCUT2D eigenvalue weighted by Crippen LogP contribution is 2.38. The summed E-state index contributed by atoms with van der Waals surface area (Å²) in [6.07, 6.45) is 17.6. The zero-order valence-corrected chi connectivity index (χ0v) is 15.8. The van der Waals surface area contributed by atoms with Gasteiger partial charge in [0.15, 0.2) is 5.71 Å². The van der Waals surface area contributed by atoms with Crippen molar-refractivity contribution in [2.24, 2.45) is 10.8 Å². The minimum Gasteiger partial charge on any atom is -0.377 e. The highest BCUT2D eigenvalue weighted by atomic mass is 15.1. The third kappa shape index (κ3) is 4.25. The quantitative estimate of drug-likeness (QED) is 0.550. The molecule has 0 aromatic rings. The van der Waals surface area contributed by atoms with Gasteiger partial charge in [-0.25, -0.2) is 4.58 Å². The Balaban J connectivity index is 1.93. The fourth-order valence-corrected chi connectivity index (χ4v) is 3.62. The summed E-state index contributed by atoms with van der Waals surface area (Å²) < 4.78 is 2.36. The molecule has 0 aliphatic carbocycles. The average Bonchev–Trinajstić information content (AvgIpc) is 2.88. The highest BCUT2D eigenvalue weighted by Gasteiger charge is 2.36. The lowest BCUT2D eigenvalue weighted by atomic mass is 9.86. The average molecular weight is 314 g/mol.